The number of nitrogens with one attached hydrogen (secondary N) is 2. The van der Waals surface area contributed by atoms with E-state index in [2.05, 4.69) is 10.7 Å². The first kappa shape index (κ1) is 17.9. The molecular weight excluding hydrogens is 354 g/mol. The van der Waals surface area contributed by atoms with Gasteiger partial charge in [0.2, 0.25) is 5.91 Å². The highest BCUT2D eigenvalue weighted by atomic mass is 35.5. The molecule has 0 aromatic heterocycles. The predicted molar refractivity (Wildman–Crippen MR) is 97.1 cm³/mol. The van der Waals surface area contributed by atoms with Gasteiger partial charge in [-0.25, -0.2) is 4.79 Å². The Hall–Kier alpha value is -2.86. The molecule has 1 aliphatic heterocycles. The maximum absolute atomic E-state index is 12.7. The van der Waals surface area contributed by atoms with E-state index in [9.17, 15) is 14.4 Å². The van der Waals surface area contributed by atoms with Crippen molar-refractivity contribution < 1.29 is 14.4 Å². The van der Waals surface area contributed by atoms with Crippen molar-refractivity contribution in [3.8, 4) is 0 Å². The van der Waals surface area contributed by atoms with Crippen LogP contribution < -0.4 is 10.7 Å². The quantitative estimate of drug-likeness (QED) is 0.793. The van der Waals surface area contributed by atoms with Gasteiger partial charge in [-0.1, -0.05) is 60.1 Å². The molecule has 0 bridgehead atoms. The lowest BCUT2D eigenvalue weighted by atomic mass is 9.92. The summed E-state index contributed by atoms with van der Waals surface area (Å²) in [4.78, 5) is 37.1. The number of urea groups is 1. The first-order chi connectivity index (χ1) is 12.4. The van der Waals surface area contributed by atoms with Gasteiger partial charge in [0.15, 0.2) is 0 Å². The van der Waals surface area contributed by atoms with Gasteiger partial charge in [0.25, 0.3) is 5.91 Å². The summed E-state index contributed by atoms with van der Waals surface area (Å²) in [5, 5.41) is 3.95. The number of nitrogens with zero attached hydrogens (tertiary/aromatic N) is 1. The molecule has 2 aromatic rings. The minimum Gasteiger partial charge on any atom is -0.318 e. The lowest BCUT2D eigenvalue weighted by Crippen LogP contribution is -2.48. The Morgan fingerprint density at radius 3 is 2.46 bits per heavy atom. The fourth-order valence-corrected chi connectivity index (χ4v) is 3.07. The van der Waals surface area contributed by atoms with Crippen LogP contribution in [0.25, 0.3) is 0 Å². The fraction of sp³-hybridized carbons (Fsp3) is 0.211. The number of carbonyl (C=O) groups is 3. The number of hydrazine groups is 1. The number of aryl methyl sites for hydroxylation is 1. The number of benzene rings is 2. The van der Waals surface area contributed by atoms with Gasteiger partial charge in [0.1, 0.15) is 5.54 Å². The molecule has 1 atom stereocenters. The number of hydrogen-bond acceptors (Lipinski definition) is 3. The van der Waals surface area contributed by atoms with Crippen molar-refractivity contribution in [2.45, 2.75) is 25.3 Å². The average molecular weight is 372 g/mol. The molecule has 1 saturated heterocycles. The summed E-state index contributed by atoms with van der Waals surface area (Å²) >= 11 is 6.07. The molecule has 2 aromatic carbocycles. The molecule has 1 fully saturated rings. The zero-order chi connectivity index (χ0) is 18.7. The van der Waals surface area contributed by atoms with E-state index in [1.165, 1.54) is 0 Å². The molecule has 4 amide bonds. The maximum Gasteiger partial charge on any atom is 0.344 e. The van der Waals surface area contributed by atoms with E-state index < -0.39 is 23.4 Å². The summed E-state index contributed by atoms with van der Waals surface area (Å²) in [5.41, 5.74) is 2.64. The van der Waals surface area contributed by atoms with E-state index in [4.69, 9.17) is 11.6 Å². The van der Waals surface area contributed by atoms with E-state index in [1.807, 2.05) is 24.3 Å². The van der Waals surface area contributed by atoms with Gasteiger partial charge in [-0.3, -0.25) is 15.0 Å². The van der Waals surface area contributed by atoms with Crippen LogP contribution in [-0.4, -0.2) is 22.9 Å². The molecule has 0 radical (unpaired) electrons. The van der Waals surface area contributed by atoms with Crippen LogP contribution in [0.1, 0.15) is 24.5 Å². The van der Waals surface area contributed by atoms with E-state index in [1.54, 1.807) is 37.3 Å². The summed E-state index contributed by atoms with van der Waals surface area (Å²) in [5.74, 6) is -0.967. The summed E-state index contributed by atoms with van der Waals surface area (Å²) in [6.45, 7) is 1.61. The molecule has 26 heavy (non-hydrogen) atoms. The first-order valence-corrected chi connectivity index (χ1v) is 8.55. The number of imide groups is 1. The second-order valence-corrected chi connectivity index (χ2v) is 6.60. The smallest absolute Gasteiger partial charge is 0.318 e. The molecule has 1 heterocycles. The molecule has 2 N–H and O–H groups in total. The Kier molecular flexibility index (Phi) is 4.95. The van der Waals surface area contributed by atoms with Crippen LogP contribution >= 0.6 is 11.6 Å². The molecule has 6 nitrogen and oxygen atoms in total. The molecule has 7 heteroatoms. The molecule has 134 valence electrons. The van der Waals surface area contributed by atoms with Crippen molar-refractivity contribution in [1.29, 1.82) is 0 Å². The monoisotopic (exact) mass is 371 g/mol. The summed E-state index contributed by atoms with van der Waals surface area (Å²) < 4.78 is 0. The maximum atomic E-state index is 12.7. The van der Waals surface area contributed by atoms with Gasteiger partial charge in [-0.15, -0.1) is 0 Å². The van der Waals surface area contributed by atoms with Crippen molar-refractivity contribution in [2.24, 2.45) is 0 Å². The highest BCUT2D eigenvalue weighted by molar-refractivity contribution is 6.31. The van der Waals surface area contributed by atoms with Crippen LogP contribution in [-0.2, 0) is 21.5 Å². The zero-order valence-corrected chi connectivity index (χ0v) is 14.9. The van der Waals surface area contributed by atoms with Crippen LogP contribution in [0.2, 0.25) is 5.02 Å². The van der Waals surface area contributed by atoms with Crippen LogP contribution in [0.5, 0.6) is 0 Å². The van der Waals surface area contributed by atoms with Crippen LogP contribution in [0.15, 0.2) is 54.6 Å². The number of amides is 4. The van der Waals surface area contributed by atoms with Gasteiger partial charge in [-0.2, -0.15) is 5.01 Å². The van der Waals surface area contributed by atoms with Crippen LogP contribution in [0, 0.1) is 0 Å². The third kappa shape index (κ3) is 3.41. The molecular formula is C19H18ClN3O3. The lowest BCUT2D eigenvalue weighted by Gasteiger charge is -2.22. The Bertz CT molecular complexity index is 856. The third-order valence-electron chi connectivity index (χ3n) is 4.36. The Morgan fingerprint density at radius 2 is 1.77 bits per heavy atom. The summed E-state index contributed by atoms with van der Waals surface area (Å²) in [7, 11) is 0. The number of hydrogen-bond donors (Lipinski definition) is 2. The van der Waals surface area contributed by atoms with Crippen molar-refractivity contribution in [3.63, 3.8) is 0 Å². The summed E-state index contributed by atoms with van der Waals surface area (Å²) in [6, 6.07) is 15.4. The molecule has 0 aliphatic carbocycles. The zero-order valence-electron chi connectivity index (χ0n) is 14.2. The van der Waals surface area contributed by atoms with Gasteiger partial charge < -0.3 is 5.32 Å². The second-order valence-electron chi connectivity index (χ2n) is 6.19. The Labute approximate surface area is 156 Å². The standard InChI is InChI=1S/C19H18ClN3O3/c1-19(14-8-3-2-4-9-14)17(25)23(18(26)21-19)22-16(24)12-11-13-7-5-6-10-15(13)20/h2-10H,11-12H2,1H3,(H,21,26)(H,22,24). The van der Waals surface area contributed by atoms with Crippen molar-refractivity contribution in [3.05, 3.63) is 70.7 Å². The number of rotatable bonds is 5. The third-order valence-corrected chi connectivity index (χ3v) is 4.73. The topological polar surface area (TPSA) is 78.5 Å². The predicted octanol–water partition coefficient (Wildman–Crippen LogP) is 2.77. The van der Waals surface area contributed by atoms with E-state index in [-0.39, 0.29) is 6.42 Å². The average Bonchev–Trinajstić information content (AvgIpc) is 2.86. The Balaban J connectivity index is 1.66. The van der Waals surface area contributed by atoms with Crippen molar-refractivity contribution in [1.82, 2.24) is 15.8 Å². The number of carbonyl (C=O) groups excluding carboxylic acids is 3. The molecule has 0 saturated carbocycles. The van der Waals surface area contributed by atoms with Gasteiger partial charge in [0, 0.05) is 11.4 Å². The molecule has 1 unspecified atom stereocenters. The minimum atomic E-state index is -1.21. The van der Waals surface area contributed by atoms with Gasteiger partial charge in [0.05, 0.1) is 0 Å². The fourth-order valence-electron chi connectivity index (χ4n) is 2.84. The molecule has 1 aliphatic rings. The van der Waals surface area contributed by atoms with Gasteiger partial charge in [-0.05, 0) is 30.5 Å². The summed E-state index contributed by atoms with van der Waals surface area (Å²) in [6.07, 6.45) is 0.508. The van der Waals surface area contributed by atoms with Gasteiger partial charge >= 0.3 is 6.03 Å². The highest BCUT2D eigenvalue weighted by Crippen LogP contribution is 2.27. The molecule has 0 spiro atoms. The second kappa shape index (κ2) is 7.17. The normalized spacial score (nSPS) is 19.4. The van der Waals surface area contributed by atoms with Crippen molar-refractivity contribution in [2.75, 3.05) is 0 Å². The first-order valence-electron chi connectivity index (χ1n) is 8.17. The minimum absolute atomic E-state index is 0.100. The van der Waals surface area contributed by atoms with E-state index in [0.29, 0.717) is 17.0 Å². The molecule has 3 rings (SSSR count). The van der Waals surface area contributed by atoms with Crippen molar-refractivity contribution >= 4 is 29.4 Å². The van der Waals surface area contributed by atoms with E-state index >= 15 is 0 Å². The lowest BCUT2D eigenvalue weighted by molar-refractivity contribution is -0.138. The number of halogens is 1. The van der Waals surface area contributed by atoms with Crippen LogP contribution in [0.3, 0.4) is 0 Å². The van der Waals surface area contributed by atoms with E-state index in [0.717, 1.165) is 10.6 Å². The highest BCUT2D eigenvalue weighted by Gasteiger charge is 2.49. The largest absolute Gasteiger partial charge is 0.344 e. The SMILES string of the molecule is CC1(c2ccccc2)NC(=O)N(NC(=O)CCc2ccccc2Cl)C1=O. The van der Waals surface area contributed by atoms with Crippen LogP contribution in [0.4, 0.5) is 4.79 Å². The Morgan fingerprint density at radius 1 is 1.12 bits per heavy atom.